The molecule has 1 atom stereocenters. The van der Waals surface area contributed by atoms with E-state index in [1.54, 1.807) is 0 Å². The van der Waals surface area contributed by atoms with Crippen molar-refractivity contribution in [1.29, 1.82) is 0 Å². The molecule has 0 fully saturated rings. The average molecular weight is 140 g/mol. The number of hydrogen-bond donors (Lipinski definition) is 0. The fourth-order valence-corrected chi connectivity index (χ4v) is 0.934. The molecule has 0 N–H and O–H groups in total. The van der Waals surface area contributed by atoms with Gasteiger partial charge in [-0.15, -0.1) is 0 Å². The van der Waals surface area contributed by atoms with E-state index in [1.807, 2.05) is 12.1 Å². The molecule has 54 valence electrons. The molecule has 0 aliphatic heterocycles. The van der Waals surface area contributed by atoms with Gasteiger partial charge >= 0.3 is 18.9 Å². The third kappa shape index (κ3) is 3.14. The van der Waals surface area contributed by atoms with Gasteiger partial charge in [-0.05, 0) is 5.92 Å². The van der Waals surface area contributed by atoms with Gasteiger partial charge in [0.05, 0.1) is 0 Å². The molecule has 1 unspecified atom stereocenters. The van der Waals surface area contributed by atoms with Crippen LogP contribution in [0, 0.1) is 6.07 Å². The van der Waals surface area contributed by atoms with Gasteiger partial charge in [0.1, 0.15) is 0 Å². The van der Waals surface area contributed by atoms with E-state index < -0.39 is 0 Å². The molecular formula is C10H13Li. The predicted molar refractivity (Wildman–Crippen MR) is 44.0 cm³/mol. The van der Waals surface area contributed by atoms with Crippen LogP contribution in [-0.2, 0) is 0 Å². The summed E-state index contributed by atoms with van der Waals surface area (Å²) in [4.78, 5) is 0. The zero-order valence-electron chi connectivity index (χ0n) is 7.59. The monoisotopic (exact) mass is 140 g/mol. The maximum absolute atomic E-state index is 3.22. The molecule has 1 aromatic rings. The maximum Gasteiger partial charge on any atom is 1.00 e. The van der Waals surface area contributed by atoms with Crippen LogP contribution >= 0.6 is 0 Å². The molecule has 1 rings (SSSR count). The summed E-state index contributed by atoms with van der Waals surface area (Å²) < 4.78 is 0. The molecule has 0 aromatic heterocycles. The van der Waals surface area contributed by atoms with Crippen LogP contribution in [0.25, 0.3) is 0 Å². The van der Waals surface area contributed by atoms with Gasteiger partial charge in [-0.3, -0.25) is 0 Å². The third-order valence-electron chi connectivity index (χ3n) is 1.88. The van der Waals surface area contributed by atoms with Crippen LogP contribution < -0.4 is 18.9 Å². The molecule has 0 saturated heterocycles. The topological polar surface area (TPSA) is 0 Å². The normalized spacial score (nSPS) is 11.8. The first kappa shape index (κ1) is 10.8. The zero-order chi connectivity index (χ0) is 7.40. The fourth-order valence-electron chi connectivity index (χ4n) is 0.934. The molecule has 0 nitrogen and oxygen atoms in total. The van der Waals surface area contributed by atoms with Crippen molar-refractivity contribution in [2.24, 2.45) is 0 Å². The fraction of sp³-hybridized carbons (Fsp3) is 0.400. The molecule has 0 aliphatic rings. The van der Waals surface area contributed by atoms with Crippen LogP contribution in [0.1, 0.15) is 31.7 Å². The SMILES string of the molecule is CCC(C)c1[c-]cccc1.[Li+]. The number of rotatable bonds is 2. The van der Waals surface area contributed by atoms with E-state index in [2.05, 4.69) is 32.0 Å². The maximum atomic E-state index is 3.22. The second kappa shape index (κ2) is 5.47. The molecule has 0 spiro atoms. The van der Waals surface area contributed by atoms with Gasteiger partial charge in [-0.25, -0.2) is 0 Å². The van der Waals surface area contributed by atoms with E-state index in [4.69, 9.17) is 0 Å². The smallest absolute Gasteiger partial charge is 0.180 e. The van der Waals surface area contributed by atoms with Crippen LogP contribution in [0.5, 0.6) is 0 Å². The second-order valence-electron chi connectivity index (χ2n) is 2.63. The molecule has 0 aliphatic carbocycles. The Morgan fingerprint density at radius 3 is 2.64 bits per heavy atom. The summed E-state index contributed by atoms with van der Waals surface area (Å²) in [6.07, 6.45) is 1.19. The van der Waals surface area contributed by atoms with Crippen LogP contribution in [0.3, 0.4) is 0 Å². The Bertz CT molecular complexity index is 181. The number of hydrogen-bond acceptors (Lipinski definition) is 0. The number of benzene rings is 1. The quantitative estimate of drug-likeness (QED) is 0.401. The van der Waals surface area contributed by atoms with Crippen molar-refractivity contribution in [3.05, 3.63) is 35.9 Å². The second-order valence-corrected chi connectivity index (χ2v) is 2.63. The predicted octanol–water partition coefficient (Wildman–Crippen LogP) is 0.00429. The van der Waals surface area contributed by atoms with Crippen molar-refractivity contribution in [1.82, 2.24) is 0 Å². The summed E-state index contributed by atoms with van der Waals surface area (Å²) in [6.45, 7) is 4.43. The Balaban J connectivity index is 0.000001000. The summed E-state index contributed by atoms with van der Waals surface area (Å²) in [5.74, 6) is 0.654. The minimum absolute atomic E-state index is 0. The van der Waals surface area contributed by atoms with Crippen molar-refractivity contribution >= 4 is 0 Å². The van der Waals surface area contributed by atoms with Crippen molar-refractivity contribution < 1.29 is 18.9 Å². The molecule has 0 heterocycles. The van der Waals surface area contributed by atoms with Crippen LogP contribution in [0.15, 0.2) is 24.3 Å². The van der Waals surface area contributed by atoms with E-state index >= 15 is 0 Å². The van der Waals surface area contributed by atoms with Gasteiger partial charge in [0, 0.05) is 0 Å². The Morgan fingerprint density at radius 1 is 1.45 bits per heavy atom. The van der Waals surface area contributed by atoms with E-state index in [-0.39, 0.29) is 18.9 Å². The molecule has 0 bridgehead atoms. The molecule has 11 heavy (non-hydrogen) atoms. The van der Waals surface area contributed by atoms with Crippen molar-refractivity contribution in [3.63, 3.8) is 0 Å². The van der Waals surface area contributed by atoms with Crippen LogP contribution in [-0.4, -0.2) is 0 Å². The van der Waals surface area contributed by atoms with Crippen molar-refractivity contribution in [3.8, 4) is 0 Å². The first-order valence-electron chi connectivity index (χ1n) is 3.81. The third-order valence-corrected chi connectivity index (χ3v) is 1.88. The molecule has 1 aromatic carbocycles. The zero-order valence-corrected chi connectivity index (χ0v) is 7.59. The van der Waals surface area contributed by atoms with E-state index in [0.29, 0.717) is 5.92 Å². The van der Waals surface area contributed by atoms with E-state index in [1.165, 1.54) is 12.0 Å². The molecule has 0 saturated carbocycles. The van der Waals surface area contributed by atoms with Gasteiger partial charge in [0.2, 0.25) is 0 Å². The van der Waals surface area contributed by atoms with Crippen molar-refractivity contribution in [2.45, 2.75) is 26.2 Å². The van der Waals surface area contributed by atoms with Crippen molar-refractivity contribution in [2.75, 3.05) is 0 Å². The molecule has 1 heteroatoms. The summed E-state index contributed by atoms with van der Waals surface area (Å²) in [6, 6.07) is 11.4. The minimum atomic E-state index is 0. The Hall–Kier alpha value is -0.183. The van der Waals surface area contributed by atoms with Gasteiger partial charge < -0.3 is 0 Å². The standard InChI is InChI=1S/C10H13.Li/c1-3-9(2)10-7-5-4-6-8-10;/h4-7,9H,3H2,1-2H3;/q-1;+1. The van der Waals surface area contributed by atoms with E-state index in [0.717, 1.165) is 0 Å². The Morgan fingerprint density at radius 2 is 2.18 bits per heavy atom. The largest absolute Gasteiger partial charge is 1.00 e. The summed E-state index contributed by atoms with van der Waals surface area (Å²) >= 11 is 0. The molecular weight excluding hydrogens is 127 g/mol. The molecule has 0 radical (unpaired) electrons. The Kier molecular flexibility index (Phi) is 5.37. The van der Waals surface area contributed by atoms with Gasteiger partial charge in [-0.1, -0.05) is 20.3 Å². The summed E-state index contributed by atoms with van der Waals surface area (Å²) in [7, 11) is 0. The van der Waals surface area contributed by atoms with Gasteiger partial charge in [-0.2, -0.15) is 35.9 Å². The van der Waals surface area contributed by atoms with Gasteiger partial charge in [0.15, 0.2) is 0 Å². The Labute approximate surface area is 81.2 Å². The van der Waals surface area contributed by atoms with Crippen LogP contribution in [0.4, 0.5) is 0 Å². The molecule has 0 amide bonds. The summed E-state index contributed by atoms with van der Waals surface area (Å²) in [5, 5.41) is 0. The van der Waals surface area contributed by atoms with Gasteiger partial charge in [0.25, 0.3) is 0 Å². The minimum Gasteiger partial charge on any atom is -0.180 e. The average Bonchev–Trinajstić information content (AvgIpc) is 2.05. The summed E-state index contributed by atoms with van der Waals surface area (Å²) in [5.41, 5.74) is 1.32. The first-order chi connectivity index (χ1) is 4.84. The van der Waals surface area contributed by atoms with Crippen LogP contribution in [0.2, 0.25) is 0 Å². The van der Waals surface area contributed by atoms with E-state index in [9.17, 15) is 0 Å². The first-order valence-corrected chi connectivity index (χ1v) is 3.81.